The van der Waals surface area contributed by atoms with Crippen molar-refractivity contribution in [1.82, 2.24) is 40.1 Å². The van der Waals surface area contributed by atoms with Crippen LogP contribution in [0.5, 0.6) is 5.75 Å². The highest BCUT2D eigenvalue weighted by molar-refractivity contribution is 7.89. The molecule has 1 saturated heterocycles. The number of pyridine rings is 2. The normalized spacial score (nSPS) is 21.3. The van der Waals surface area contributed by atoms with E-state index in [0.717, 1.165) is 51.6 Å². The van der Waals surface area contributed by atoms with Crippen LogP contribution in [0.15, 0.2) is 35.5 Å². The number of methoxy groups -OCH3 is 1. The number of hydrogen-bond donors (Lipinski definition) is 5. The highest BCUT2D eigenvalue weighted by atomic mass is 32.2. The number of fused-ring (bicyclic) bond motifs is 2. The molecule has 0 spiro atoms. The van der Waals surface area contributed by atoms with Gasteiger partial charge in [-0.2, -0.15) is 23.2 Å². The second kappa shape index (κ2) is 19.8. The number of sulfonamides is 1. The van der Waals surface area contributed by atoms with Gasteiger partial charge in [0, 0.05) is 29.7 Å². The number of primary amides is 1. The third-order valence-electron chi connectivity index (χ3n) is 14.0. The molecule has 4 aliphatic rings. The summed E-state index contributed by atoms with van der Waals surface area (Å²) in [6.45, 7) is 16.4. The van der Waals surface area contributed by atoms with E-state index in [1.54, 1.807) is 21.9 Å². The van der Waals surface area contributed by atoms with Crippen molar-refractivity contribution in [2.24, 2.45) is 34.3 Å². The molecule has 3 aromatic heterocycles. The lowest BCUT2D eigenvalue weighted by Crippen LogP contribution is -2.62. The molecule has 70 heavy (non-hydrogen) atoms. The number of carbonyl (C=O) groups excluding carboxylic acids is 5. The molecule has 7 rings (SSSR count). The quantitative estimate of drug-likeness (QED) is 0.123. The number of ketones is 1. The zero-order valence-corrected chi connectivity index (χ0v) is 42.1. The van der Waals surface area contributed by atoms with E-state index in [4.69, 9.17) is 10.5 Å². The zero-order valence-electron chi connectivity index (χ0n) is 41.3. The monoisotopic (exact) mass is 998 g/mol. The fourth-order valence-corrected chi connectivity index (χ4v) is 10.7. The number of piperidine rings is 1. The number of halogens is 3. The molecule has 6 atom stereocenters. The van der Waals surface area contributed by atoms with Gasteiger partial charge in [0.1, 0.15) is 40.5 Å². The molecular weight excluding hydrogens is 934 g/mol. The van der Waals surface area contributed by atoms with Crippen molar-refractivity contribution in [3.05, 3.63) is 36.2 Å². The molecule has 3 saturated carbocycles. The number of nitrogens with zero attached hydrogens (tertiary/aromatic N) is 5. The van der Waals surface area contributed by atoms with Crippen molar-refractivity contribution in [2.75, 3.05) is 13.7 Å². The van der Waals surface area contributed by atoms with Crippen molar-refractivity contribution in [3.63, 3.8) is 0 Å². The molecule has 0 aromatic carbocycles. The lowest BCUT2D eigenvalue weighted by atomic mass is 9.80. The van der Waals surface area contributed by atoms with Gasteiger partial charge in [-0.25, -0.2) is 18.2 Å². The number of amides is 5. The van der Waals surface area contributed by atoms with Crippen LogP contribution in [0.25, 0.3) is 22.4 Å². The van der Waals surface area contributed by atoms with E-state index >= 15 is 0 Å². The number of urea groups is 1. The Balaban J connectivity index is 0.000000231. The summed E-state index contributed by atoms with van der Waals surface area (Å²) in [5, 5.41) is 18.9. The van der Waals surface area contributed by atoms with Crippen molar-refractivity contribution in [3.8, 4) is 23.2 Å². The van der Waals surface area contributed by atoms with Gasteiger partial charge in [-0.05, 0) is 100 Å². The number of hydrogen-bond acceptors (Lipinski definition) is 11. The first-order chi connectivity index (χ1) is 32.4. The smallest absolute Gasteiger partial charge is 0.404 e. The Morgan fingerprint density at radius 1 is 0.986 bits per heavy atom. The van der Waals surface area contributed by atoms with Crippen molar-refractivity contribution < 1.29 is 50.3 Å². The average Bonchev–Trinajstić information content (AvgIpc) is 3.49. The predicted octanol–water partition coefficient (Wildman–Crippen LogP) is 5.64. The van der Waals surface area contributed by atoms with E-state index < -0.39 is 79.8 Å². The van der Waals surface area contributed by atoms with Crippen LogP contribution in [-0.2, 0) is 29.2 Å². The maximum absolute atomic E-state index is 13.9. The molecule has 1 unspecified atom stereocenters. The number of aromatic nitrogens is 3. The van der Waals surface area contributed by atoms with Crippen LogP contribution in [0.2, 0.25) is 0 Å². The topological polar surface area (TPSA) is 261 Å². The van der Waals surface area contributed by atoms with E-state index in [9.17, 15) is 50.8 Å². The van der Waals surface area contributed by atoms with Gasteiger partial charge in [-0.3, -0.25) is 24.2 Å². The number of rotatable bonds is 14. The number of nitrogens with two attached hydrogens (primary N) is 1. The summed E-state index contributed by atoms with van der Waals surface area (Å²) in [4.78, 5) is 74.3. The van der Waals surface area contributed by atoms with E-state index in [1.165, 1.54) is 19.2 Å². The first-order valence-corrected chi connectivity index (χ1v) is 25.0. The lowest BCUT2D eigenvalue weighted by Gasteiger charge is -2.38. The summed E-state index contributed by atoms with van der Waals surface area (Å²) in [6.07, 6.45) is 3.93. The maximum Gasteiger partial charge on any atom is 0.404 e. The molecule has 22 heteroatoms. The molecule has 382 valence electrons. The van der Waals surface area contributed by atoms with Crippen LogP contribution in [0.3, 0.4) is 0 Å². The van der Waals surface area contributed by atoms with E-state index in [2.05, 4.69) is 45.8 Å². The minimum atomic E-state index is -4.72. The van der Waals surface area contributed by atoms with Crippen molar-refractivity contribution >= 4 is 50.6 Å². The number of likely N-dealkylation sites (tertiary alicyclic amines) is 1. The number of ether oxygens (including phenoxy) is 1. The van der Waals surface area contributed by atoms with Gasteiger partial charge in [-0.15, -0.1) is 0 Å². The number of carbonyl (C=O) groups is 5. The number of alkyl halides is 3. The fourth-order valence-electron chi connectivity index (χ4n) is 9.55. The summed E-state index contributed by atoms with van der Waals surface area (Å²) in [6, 6.07) is 1.17. The molecule has 4 fully saturated rings. The van der Waals surface area contributed by atoms with E-state index in [1.807, 2.05) is 46.1 Å². The van der Waals surface area contributed by atoms with Crippen molar-refractivity contribution in [1.29, 1.82) is 5.26 Å². The first kappa shape index (κ1) is 53.5. The third kappa shape index (κ3) is 11.4. The van der Waals surface area contributed by atoms with E-state index in [-0.39, 0.29) is 35.1 Å². The SMILES string of the molecule is CC(C)(C)NC(=O)N[C@H](C(=O)N1C[C@H]2[C@@H]([C@H]1C(=O)NC(CC1CCC1)C(=O)C(N)=O)C2(C)C)C(C)(C)C.COc1cnc2c(c1)c(C#N)c(-c1ccc(S(=O)(=O)N[C@@H](C)C(F)(F)F)cn1)n2C1CCC1. The van der Waals surface area contributed by atoms with Crippen LogP contribution in [0.1, 0.15) is 119 Å². The first-order valence-electron chi connectivity index (χ1n) is 23.5. The molecule has 1 aliphatic heterocycles. The summed E-state index contributed by atoms with van der Waals surface area (Å²) in [5.74, 6) is -1.87. The van der Waals surface area contributed by atoms with Gasteiger partial charge in [-0.1, -0.05) is 53.9 Å². The third-order valence-corrected chi connectivity index (χ3v) is 15.5. The number of Topliss-reactive ketones (excluding diaryl/α,β-unsaturated/α-hetero) is 1. The van der Waals surface area contributed by atoms with E-state index in [0.29, 0.717) is 46.7 Å². The zero-order chi connectivity index (χ0) is 52.1. The largest absolute Gasteiger partial charge is 0.495 e. The minimum Gasteiger partial charge on any atom is -0.495 e. The Hall–Kier alpha value is -5.82. The second-order valence-electron chi connectivity index (χ2n) is 21.7. The highest BCUT2D eigenvalue weighted by Crippen LogP contribution is 2.65. The Kier molecular flexibility index (Phi) is 15.1. The Labute approximate surface area is 406 Å². The Bertz CT molecular complexity index is 2660. The molecule has 3 aromatic rings. The summed E-state index contributed by atoms with van der Waals surface area (Å²) in [7, 11) is -2.95. The van der Waals surface area contributed by atoms with Gasteiger partial charge in [0.2, 0.25) is 27.6 Å². The molecule has 5 amide bonds. The maximum atomic E-state index is 13.9. The Morgan fingerprint density at radius 3 is 2.11 bits per heavy atom. The number of nitriles is 1. The lowest BCUT2D eigenvalue weighted by molar-refractivity contribution is -0.147. The van der Waals surface area contributed by atoms with Crippen LogP contribution in [-0.4, -0.2) is 107 Å². The molecular formula is C48H65F3N10O8S. The predicted molar refractivity (Wildman–Crippen MR) is 252 cm³/mol. The second-order valence-corrected chi connectivity index (χ2v) is 23.4. The van der Waals surface area contributed by atoms with Gasteiger partial charge in [0.15, 0.2) is 0 Å². The molecule has 0 radical (unpaired) electrons. The van der Waals surface area contributed by atoms with Crippen LogP contribution >= 0.6 is 0 Å². The van der Waals surface area contributed by atoms with Crippen molar-refractivity contribution in [2.45, 2.75) is 154 Å². The summed E-state index contributed by atoms with van der Waals surface area (Å²) < 4.78 is 71.9. The molecule has 6 N–H and O–H groups in total. The average molecular weight is 999 g/mol. The highest BCUT2D eigenvalue weighted by Gasteiger charge is 2.70. The van der Waals surface area contributed by atoms with Gasteiger partial charge in [0.25, 0.3) is 5.91 Å². The minimum absolute atomic E-state index is 0.0755. The molecule has 18 nitrogen and oxygen atoms in total. The standard InChI is InChI=1S/C27H45N5O5.C21H20F3N5O3S/c1-25(2,3)20(30-24(37)31-26(4,5)6)23(36)32-13-15-17(27(15,7)8)18(32)22(35)29-16(19(33)21(28)34)12-14-10-9-11-14;1-12(21(22,23)24)28-33(30,31)15-6-7-18(26-11-15)19-17(9-25)16-8-14(32-2)10-27-20(16)29(19)13-4-3-5-13/h14-18,20H,9-13H2,1-8H3,(H2,28,34)(H,29,35)(H2,30,31,37);6-8,10-13,28H,3-5H2,1-2H3/t15-,16?,17-,18-,20+;12-/m00/s1. The van der Waals surface area contributed by atoms with Crippen LogP contribution < -0.4 is 31.1 Å². The van der Waals surface area contributed by atoms with Crippen LogP contribution in [0, 0.1) is 39.9 Å². The van der Waals surface area contributed by atoms with Gasteiger partial charge in [0.05, 0.1) is 36.3 Å². The summed E-state index contributed by atoms with van der Waals surface area (Å²) >= 11 is 0. The molecule has 0 bridgehead atoms. The fraction of sp³-hybridized carbons (Fsp3) is 0.625. The molecule has 3 aliphatic carbocycles. The Morgan fingerprint density at radius 2 is 1.63 bits per heavy atom. The van der Waals surface area contributed by atoms with Gasteiger partial charge >= 0.3 is 12.2 Å². The number of nitrogens with one attached hydrogen (secondary N) is 4. The molecule has 4 heterocycles. The van der Waals surface area contributed by atoms with Gasteiger partial charge < -0.3 is 35.9 Å². The van der Waals surface area contributed by atoms with Crippen LogP contribution in [0.4, 0.5) is 18.0 Å². The summed E-state index contributed by atoms with van der Waals surface area (Å²) in [5.41, 5.74) is 5.75.